The van der Waals surface area contributed by atoms with Crippen LogP contribution >= 0.6 is 15.9 Å². The Morgan fingerprint density at radius 3 is 2.28 bits per heavy atom. The predicted octanol–water partition coefficient (Wildman–Crippen LogP) is 2.94. The Kier molecular flexibility index (Phi) is 3.64. The Balaban J connectivity index is 2.50. The van der Waals surface area contributed by atoms with E-state index in [-0.39, 0.29) is 11.6 Å². The van der Waals surface area contributed by atoms with Gasteiger partial charge in [-0.15, -0.1) is 0 Å². The summed E-state index contributed by atoms with van der Waals surface area (Å²) < 4.78 is 0.810. The van der Waals surface area contributed by atoms with Gasteiger partial charge in [0.15, 0.2) is 0 Å². The zero-order chi connectivity index (χ0) is 13.4. The van der Waals surface area contributed by atoms with Crippen LogP contribution in [0.1, 0.15) is 32.4 Å². The van der Waals surface area contributed by atoms with Crippen molar-refractivity contribution in [1.29, 1.82) is 0 Å². The number of aliphatic hydroxyl groups is 1. The highest BCUT2D eigenvalue weighted by Crippen LogP contribution is 2.33. The van der Waals surface area contributed by atoms with E-state index < -0.39 is 6.10 Å². The highest BCUT2D eigenvalue weighted by molar-refractivity contribution is 9.10. The maximum Gasteiger partial charge on any atom is 0.323 e. The normalized spacial score (nSPS) is 15.2. The van der Waals surface area contributed by atoms with Crippen molar-refractivity contribution >= 4 is 27.0 Å². The lowest BCUT2D eigenvalue weighted by Gasteiger charge is -2.23. The molecule has 0 spiro atoms. The summed E-state index contributed by atoms with van der Waals surface area (Å²) in [5, 5.41) is 10.4. The smallest absolute Gasteiger partial charge is 0.323 e. The van der Waals surface area contributed by atoms with E-state index in [9.17, 15) is 9.90 Å². The zero-order valence-electron chi connectivity index (χ0n) is 10.6. The van der Waals surface area contributed by atoms with E-state index in [1.165, 1.54) is 0 Å². The van der Waals surface area contributed by atoms with Gasteiger partial charge in [-0.2, -0.15) is 0 Å². The molecule has 0 aliphatic heterocycles. The summed E-state index contributed by atoms with van der Waals surface area (Å²) in [6.07, 6.45) is -0.554. The molecule has 0 fully saturated rings. The van der Waals surface area contributed by atoms with Crippen LogP contribution in [0.25, 0.3) is 11.0 Å². The summed E-state index contributed by atoms with van der Waals surface area (Å²) in [4.78, 5) is 16.6. The van der Waals surface area contributed by atoms with Crippen molar-refractivity contribution in [2.24, 2.45) is 11.8 Å². The first-order valence-corrected chi connectivity index (χ1v) is 6.79. The number of hydrogen-bond acceptors (Lipinski definition) is 2. The molecular formula is C13H17BrN2O2. The number of benzene rings is 1. The SMILES string of the molecule is CC(C)C(C)C(O)c1cc2[nH]c(=O)[nH]c2cc1Br. The molecule has 0 bridgehead atoms. The third-order valence-corrected chi connectivity index (χ3v) is 4.19. The van der Waals surface area contributed by atoms with Gasteiger partial charge in [0.1, 0.15) is 0 Å². The standard InChI is InChI=1S/C13H17BrN2O2/c1-6(2)7(3)12(17)8-4-10-11(5-9(8)14)16-13(18)15-10/h4-7,12,17H,1-3H3,(H2,15,16,18). The van der Waals surface area contributed by atoms with Gasteiger partial charge in [0, 0.05) is 4.47 Å². The molecule has 2 rings (SSSR count). The number of rotatable bonds is 3. The van der Waals surface area contributed by atoms with Gasteiger partial charge in [-0.3, -0.25) is 0 Å². The van der Waals surface area contributed by atoms with Crippen LogP contribution in [0.4, 0.5) is 0 Å². The second-order valence-electron chi connectivity index (χ2n) is 5.05. The zero-order valence-corrected chi connectivity index (χ0v) is 12.2. The van der Waals surface area contributed by atoms with Crippen molar-refractivity contribution in [2.45, 2.75) is 26.9 Å². The highest BCUT2D eigenvalue weighted by Gasteiger charge is 2.22. The van der Waals surface area contributed by atoms with E-state index in [1.807, 2.05) is 19.1 Å². The molecule has 4 nitrogen and oxygen atoms in total. The number of hydrogen-bond donors (Lipinski definition) is 3. The Hall–Kier alpha value is -1.07. The first-order valence-electron chi connectivity index (χ1n) is 5.99. The van der Waals surface area contributed by atoms with Gasteiger partial charge in [0.25, 0.3) is 0 Å². The van der Waals surface area contributed by atoms with Crippen LogP contribution in [-0.2, 0) is 0 Å². The van der Waals surface area contributed by atoms with Gasteiger partial charge >= 0.3 is 5.69 Å². The van der Waals surface area contributed by atoms with Crippen molar-refractivity contribution in [2.75, 3.05) is 0 Å². The minimum atomic E-state index is -0.554. The Bertz CT molecular complexity index is 615. The van der Waals surface area contributed by atoms with Crippen molar-refractivity contribution in [1.82, 2.24) is 9.97 Å². The molecule has 5 heteroatoms. The molecule has 2 aromatic rings. The summed E-state index contributed by atoms with van der Waals surface area (Å²) in [6, 6.07) is 3.64. The Labute approximate surface area is 114 Å². The van der Waals surface area contributed by atoms with Gasteiger partial charge in [0.2, 0.25) is 0 Å². The van der Waals surface area contributed by atoms with Gasteiger partial charge in [0.05, 0.1) is 17.1 Å². The second-order valence-corrected chi connectivity index (χ2v) is 5.90. The third-order valence-electron chi connectivity index (χ3n) is 3.50. The fraction of sp³-hybridized carbons (Fsp3) is 0.462. The highest BCUT2D eigenvalue weighted by atomic mass is 79.9. The summed E-state index contributed by atoms with van der Waals surface area (Å²) in [6.45, 7) is 6.18. The number of aliphatic hydroxyl groups excluding tert-OH is 1. The second kappa shape index (κ2) is 4.90. The number of nitrogens with one attached hydrogen (secondary N) is 2. The van der Waals surface area contributed by atoms with Crippen LogP contribution in [0.5, 0.6) is 0 Å². The molecule has 0 saturated heterocycles. The molecule has 0 radical (unpaired) electrons. The minimum absolute atomic E-state index is 0.143. The first-order chi connectivity index (χ1) is 8.40. The van der Waals surface area contributed by atoms with E-state index in [4.69, 9.17) is 0 Å². The number of imidazole rings is 1. The van der Waals surface area contributed by atoms with Crippen molar-refractivity contribution < 1.29 is 5.11 Å². The molecule has 3 N–H and O–H groups in total. The van der Waals surface area contributed by atoms with E-state index in [2.05, 4.69) is 39.7 Å². The number of halogens is 1. The predicted molar refractivity (Wildman–Crippen MR) is 75.6 cm³/mol. The number of fused-ring (bicyclic) bond motifs is 1. The van der Waals surface area contributed by atoms with Crippen LogP contribution < -0.4 is 5.69 Å². The van der Waals surface area contributed by atoms with Gasteiger partial charge < -0.3 is 15.1 Å². The number of aromatic amines is 2. The Morgan fingerprint density at radius 2 is 1.72 bits per heavy atom. The average molecular weight is 313 g/mol. The van der Waals surface area contributed by atoms with E-state index >= 15 is 0 Å². The molecular weight excluding hydrogens is 296 g/mol. The van der Waals surface area contributed by atoms with Crippen LogP contribution in [-0.4, -0.2) is 15.1 Å². The van der Waals surface area contributed by atoms with Crippen molar-refractivity contribution in [3.8, 4) is 0 Å². The van der Waals surface area contributed by atoms with E-state index in [0.29, 0.717) is 11.4 Å². The number of H-pyrrole nitrogens is 2. The summed E-state index contributed by atoms with van der Waals surface area (Å²) in [5.41, 5.74) is 2.02. The molecule has 0 aliphatic carbocycles. The molecule has 98 valence electrons. The first kappa shape index (κ1) is 13.4. The molecule has 2 atom stereocenters. The quantitative estimate of drug-likeness (QED) is 0.815. The fourth-order valence-electron chi connectivity index (χ4n) is 1.95. The van der Waals surface area contributed by atoms with Gasteiger partial charge in [-0.05, 0) is 29.5 Å². The van der Waals surface area contributed by atoms with Crippen LogP contribution in [0.2, 0.25) is 0 Å². The van der Waals surface area contributed by atoms with Crippen LogP contribution in [0, 0.1) is 11.8 Å². The lowest BCUT2D eigenvalue weighted by molar-refractivity contribution is 0.0916. The molecule has 1 aromatic heterocycles. The third kappa shape index (κ3) is 2.37. The molecule has 1 aromatic carbocycles. The molecule has 1 heterocycles. The molecule has 0 saturated carbocycles. The van der Waals surface area contributed by atoms with Crippen molar-refractivity contribution in [3.63, 3.8) is 0 Å². The Morgan fingerprint density at radius 1 is 1.17 bits per heavy atom. The molecule has 0 amide bonds. The maximum absolute atomic E-state index is 11.2. The molecule has 18 heavy (non-hydrogen) atoms. The number of aromatic nitrogens is 2. The summed E-state index contributed by atoms with van der Waals surface area (Å²) >= 11 is 3.45. The van der Waals surface area contributed by atoms with Gasteiger partial charge in [-0.1, -0.05) is 36.7 Å². The lowest BCUT2D eigenvalue weighted by atomic mass is 9.88. The van der Waals surface area contributed by atoms with Crippen LogP contribution in [0.15, 0.2) is 21.4 Å². The monoisotopic (exact) mass is 312 g/mol. The minimum Gasteiger partial charge on any atom is -0.388 e. The fourth-order valence-corrected chi connectivity index (χ4v) is 2.53. The summed E-state index contributed by atoms with van der Waals surface area (Å²) in [5.74, 6) is 0.525. The van der Waals surface area contributed by atoms with Gasteiger partial charge in [-0.25, -0.2) is 4.79 Å². The average Bonchev–Trinajstić information content (AvgIpc) is 2.65. The summed E-state index contributed by atoms with van der Waals surface area (Å²) in [7, 11) is 0. The molecule has 0 aliphatic rings. The van der Waals surface area contributed by atoms with E-state index in [0.717, 1.165) is 15.6 Å². The van der Waals surface area contributed by atoms with E-state index in [1.54, 1.807) is 0 Å². The van der Waals surface area contributed by atoms with Crippen LogP contribution in [0.3, 0.4) is 0 Å². The molecule has 2 unspecified atom stereocenters. The maximum atomic E-state index is 11.2. The topological polar surface area (TPSA) is 68.9 Å². The van der Waals surface area contributed by atoms with Crippen molar-refractivity contribution in [3.05, 3.63) is 32.7 Å². The largest absolute Gasteiger partial charge is 0.388 e. The lowest BCUT2D eigenvalue weighted by Crippen LogP contribution is -2.15.